The lowest BCUT2D eigenvalue weighted by molar-refractivity contribution is -0.384. The zero-order valence-corrected chi connectivity index (χ0v) is 8.85. The number of phenolic OH excluding ortho intramolecular Hbond substituents is 1. The molecule has 0 unspecified atom stereocenters. The van der Waals surface area contributed by atoms with Crippen LogP contribution in [0.2, 0.25) is 0 Å². The third-order valence-corrected chi connectivity index (χ3v) is 3.17. The molecule has 1 aromatic carbocycles. The Morgan fingerprint density at radius 3 is 2.56 bits per heavy atom. The molecule has 0 amide bonds. The lowest BCUT2D eigenvalue weighted by Gasteiger charge is -2.12. The Morgan fingerprint density at radius 1 is 1.38 bits per heavy atom. The van der Waals surface area contributed by atoms with Crippen LogP contribution in [0.3, 0.4) is 0 Å². The van der Waals surface area contributed by atoms with Crippen LogP contribution in [0.15, 0.2) is 12.1 Å². The normalized spacial score (nSPS) is 16.5. The highest BCUT2D eigenvalue weighted by Crippen LogP contribution is 2.41. The van der Waals surface area contributed by atoms with Gasteiger partial charge in [0.05, 0.1) is 11.0 Å². The lowest BCUT2D eigenvalue weighted by Crippen LogP contribution is -2.00. The van der Waals surface area contributed by atoms with E-state index in [0.717, 1.165) is 37.3 Å². The Morgan fingerprint density at radius 2 is 2.00 bits per heavy atom. The van der Waals surface area contributed by atoms with Crippen LogP contribution in [0.25, 0.3) is 0 Å². The molecule has 3 N–H and O–H groups in total. The van der Waals surface area contributed by atoms with Gasteiger partial charge in [-0.3, -0.25) is 10.1 Å². The summed E-state index contributed by atoms with van der Waals surface area (Å²) < 4.78 is 0. The molecule has 2 rings (SSSR count). The summed E-state index contributed by atoms with van der Waals surface area (Å²) in [6.45, 7) is 0. The predicted molar refractivity (Wildman–Crippen MR) is 60.4 cm³/mol. The molecular formula is C11H14N2O3. The van der Waals surface area contributed by atoms with Gasteiger partial charge in [-0.25, -0.2) is 0 Å². The van der Waals surface area contributed by atoms with Gasteiger partial charge in [0, 0.05) is 0 Å². The minimum absolute atomic E-state index is 0.00667. The second kappa shape index (κ2) is 4.00. The first-order valence-electron chi connectivity index (χ1n) is 5.36. The van der Waals surface area contributed by atoms with Crippen molar-refractivity contribution in [2.45, 2.75) is 31.6 Å². The molecule has 5 nitrogen and oxygen atoms in total. The van der Waals surface area contributed by atoms with E-state index in [2.05, 4.69) is 0 Å². The van der Waals surface area contributed by atoms with Gasteiger partial charge in [0.1, 0.15) is 11.4 Å². The van der Waals surface area contributed by atoms with Crippen molar-refractivity contribution in [2.24, 2.45) is 0 Å². The average Bonchev–Trinajstić information content (AvgIpc) is 2.73. The van der Waals surface area contributed by atoms with Gasteiger partial charge in [-0.05, 0) is 30.4 Å². The second-order valence-electron chi connectivity index (χ2n) is 4.21. The standard InChI is InChI=1S/C11H14N2O3/c12-9-5-8(7-3-1-2-4-7)11(14)6-10(9)13(15)16/h5-7,14H,1-4,12H2. The van der Waals surface area contributed by atoms with Crippen molar-refractivity contribution in [1.82, 2.24) is 0 Å². The molecule has 1 aromatic rings. The molecule has 0 atom stereocenters. The number of nitro benzene ring substituents is 1. The van der Waals surface area contributed by atoms with E-state index >= 15 is 0 Å². The third-order valence-electron chi connectivity index (χ3n) is 3.17. The van der Waals surface area contributed by atoms with Gasteiger partial charge in [-0.1, -0.05) is 12.8 Å². The van der Waals surface area contributed by atoms with Gasteiger partial charge in [0.2, 0.25) is 0 Å². The van der Waals surface area contributed by atoms with Crippen LogP contribution >= 0.6 is 0 Å². The predicted octanol–water partition coefficient (Wildman–Crippen LogP) is 2.54. The number of nitrogens with two attached hydrogens (primary N) is 1. The highest BCUT2D eigenvalue weighted by molar-refractivity contribution is 5.63. The maximum atomic E-state index is 10.6. The fourth-order valence-electron chi connectivity index (χ4n) is 2.33. The van der Waals surface area contributed by atoms with Crippen LogP contribution < -0.4 is 5.73 Å². The topological polar surface area (TPSA) is 89.4 Å². The van der Waals surface area contributed by atoms with E-state index in [1.54, 1.807) is 6.07 Å². The van der Waals surface area contributed by atoms with E-state index in [9.17, 15) is 15.2 Å². The molecule has 0 spiro atoms. The summed E-state index contributed by atoms with van der Waals surface area (Å²) in [5.74, 6) is 0.288. The van der Waals surface area contributed by atoms with E-state index in [1.165, 1.54) is 0 Å². The van der Waals surface area contributed by atoms with E-state index in [1.807, 2.05) is 0 Å². The average molecular weight is 222 g/mol. The fourth-order valence-corrected chi connectivity index (χ4v) is 2.33. The van der Waals surface area contributed by atoms with Gasteiger partial charge in [-0.15, -0.1) is 0 Å². The summed E-state index contributed by atoms with van der Waals surface area (Å²) in [6.07, 6.45) is 4.32. The maximum Gasteiger partial charge on any atom is 0.295 e. The number of anilines is 1. The Kier molecular flexibility index (Phi) is 2.68. The molecule has 1 fully saturated rings. The first-order chi connectivity index (χ1) is 7.59. The van der Waals surface area contributed by atoms with Gasteiger partial charge in [-0.2, -0.15) is 0 Å². The summed E-state index contributed by atoms with van der Waals surface area (Å²) in [5.41, 5.74) is 6.26. The van der Waals surface area contributed by atoms with Crippen LogP contribution in [0.1, 0.15) is 37.2 Å². The third kappa shape index (κ3) is 1.80. The number of hydrogen-bond acceptors (Lipinski definition) is 4. The highest BCUT2D eigenvalue weighted by Gasteiger charge is 2.23. The molecule has 0 radical (unpaired) electrons. The van der Waals surface area contributed by atoms with Crippen LogP contribution in [0.4, 0.5) is 11.4 Å². The van der Waals surface area contributed by atoms with E-state index in [0.29, 0.717) is 5.92 Å². The quantitative estimate of drug-likeness (QED) is 0.348. The number of nitrogen functional groups attached to an aromatic ring is 1. The Balaban J connectivity index is 2.40. The van der Waals surface area contributed by atoms with Crippen molar-refractivity contribution in [3.05, 3.63) is 27.8 Å². The van der Waals surface area contributed by atoms with Crippen molar-refractivity contribution in [3.8, 4) is 5.75 Å². The molecule has 1 saturated carbocycles. The number of phenols is 1. The van der Waals surface area contributed by atoms with E-state index < -0.39 is 4.92 Å². The Bertz CT molecular complexity index is 425. The molecule has 0 bridgehead atoms. The number of hydrogen-bond donors (Lipinski definition) is 2. The molecule has 5 heteroatoms. The monoisotopic (exact) mass is 222 g/mol. The SMILES string of the molecule is Nc1cc(C2CCCC2)c(O)cc1[N+](=O)[O-]. The van der Waals surface area contributed by atoms with Crippen LogP contribution in [0.5, 0.6) is 5.75 Å². The molecule has 0 heterocycles. The first-order valence-corrected chi connectivity index (χ1v) is 5.36. The summed E-state index contributed by atoms with van der Waals surface area (Å²) >= 11 is 0. The summed E-state index contributed by atoms with van der Waals surface area (Å²) in [4.78, 5) is 10.0. The van der Waals surface area contributed by atoms with Crippen molar-refractivity contribution in [1.29, 1.82) is 0 Å². The molecule has 86 valence electrons. The van der Waals surface area contributed by atoms with E-state index in [-0.39, 0.29) is 17.1 Å². The zero-order chi connectivity index (χ0) is 11.7. The fraction of sp³-hybridized carbons (Fsp3) is 0.455. The van der Waals surface area contributed by atoms with E-state index in [4.69, 9.17) is 5.73 Å². The van der Waals surface area contributed by atoms with Crippen LogP contribution in [0, 0.1) is 10.1 Å². The molecule has 0 aliphatic heterocycles. The number of nitro groups is 1. The van der Waals surface area contributed by atoms with Crippen LogP contribution in [-0.2, 0) is 0 Å². The molecule has 0 saturated heterocycles. The molecular weight excluding hydrogens is 208 g/mol. The largest absolute Gasteiger partial charge is 0.507 e. The van der Waals surface area contributed by atoms with Gasteiger partial charge in [0.15, 0.2) is 0 Å². The van der Waals surface area contributed by atoms with Crippen molar-refractivity contribution in [2.75, 3.05) is 5.73 Å². The van der Waals surface area contributed by atoms with Crippen molar-refractivity contribution >= 4 is 11.4 Å². The summed E-state index contributed by atoms with van der Waals surface area (Å²) in [7, 11) is 0. The first kappa shape index (κ1) is 10.7. The molecule has 1 aliphatic carbocycles. The van der Waals surface area contributed by atoms with Gasteiger partial charge in [0.25, 0.3) is 5.69 Å². The molecule has 0 aromatic heterocycles. The van der Waals surface area contributed by atoms with Crippen molar-refractivity contribution < 1.29 is 10.0 Å². The van der Waals surface area contributed by atoms with Crippen LogP contribution in [-0.4, -0.2) is 10.0 Å². The second-order valence-corrected chi connectivity index (χ2v) is 4.21. The Labute approximate surface area is 93.0 Å². The number of rotatable bonds is 2. The number of nitrogens with zero attached hydrogens (tertiary/aromatic N) is 1. The molecule has 1 aliphatic rings. The number of benzene rings is 1. The summed E-state index contributed by atoms with van der Waals surface area (Å²) in [5, 5.41) is 20.4. The summed E-state index contributed by atoms with van der Waals surface area (Å²) in [6, 6.07) is 2.70. The maximum absolute atomic E-state index is 10.6. The smallest absolute Gasteiger partial charge is 0.295 e. The van der Waals surface area contributed by atoms with Gasteiger partial charge < -0.3 is 10.8 Å². The van der Waals surface area contributed by atoms with Crippen molar-refractivity contribution in [3.63, 3.8) is 0 Å². The minimum atomic E-state index is -0.576. The highest BCUT2D eigenvalue weighted by atomic mass is 16.6. The zero-order valence-electron chi connectivity index (χ0n) is 8.85. The van der Waals surface area contributed by atoms with Gasteiger partial charge >= 0.3 is 0 Å². The minimum Gasteiger partial charge on any atom is -0.507 e. The molecule has 16 heavy (non-hydrogen) atoms. The Hall–Kier alpha value is -1.78. The lowest BCUT2D eigenvalue weighted by atomic mass is 9.96. The number of aromatic hydroxyl groups is 1.